The molecule has 1 aromatic carbocycles. The van der Waals surface area contributed by atoms with E-state index in [4.69, 9.17) is 15.6 Å². The minimum absolute atomic E-state index is 0.000491. The van der Waals surface area contributed by atoms with Gasteiger partial charge in [0.25, 0.3) is 0 Å². The van der Waals surface area contributed by atoms with E-state index in [1.54, 1.807) is 7.11 Å². The number of benzene rings is 1. The molecule has 84 valence electrons. The highest BCUT2D eigenvalue weighted by atomic mass is 16.5. The molecule has 4 heteroatoms. The van der Waals surface area contributed by atoms with Crippen LogP contribution in [0.3, 0.4) is 0 Å². The number of hydrogen-bond acceptors (Lipinski definition) is 4. The molecule has 0 aliphatic carbocycles. The topological polar surface area (TPSA) is 58.7 Å². The van der Waals surface area contributed by atoms with Crippen LogP contribution >= 0.6 is 0 Å². The molecule has 0 fully saturated rings. The van der Waals surface area contributed by atoms with Gasteiger partial charge in [0.05, 0.1) is 13.7 Å². The van der Waals surface area contributed by atoms with Crippen LogP contribution in [0.25, 0.3) is 0 Å². The number of nitrogens with zero attached hydrogens (tertiary/aromatic N) is 1. The molecule has 0 amide bonds. The van der Waals surface area contributed by atoms with Gasteiger partial charge < -0.3 is 20.5 Å². The molecular formula is C11H18N2O2. The van der Waals surface area contributed by atoms with Crippen molar-refractivity contribution in [1.82, 2.24) is 0 Å². The van der Waals surface area contributed by atoms with Gasteiger partial charge in [-0.2, -0.15) is 0 Å². The molecule has 0 bridgehead atoms. The van der Waals surface area contributed by atoms with E-state index in [1.807, 2.05) is 36.2 Å². The Hall–Kier alpha value is -1.26. The summed E-state index contributed by atoms with van der Waals surface area (Å²) in [6, 6.07) is 7.51. The van der Waals surface area contributed by atoms with Crippen LogP contribution in [-0.4, -0.2) is 38.5 Å². The number of methoxy groups -OCH3 is 1. The van der Waals surface area contributed by atoms with Gasteiger partial charge in [-0.15, -0.1) is 0 Å². The Morgan fingerprint density at radius 3 is 2.47 bits per heavy atom. The largest absolute Gasteiger partial charge is 0.497 e. The predicted octanol–water partition coefficient (Wildman–Crippen LogP) is 0.451. The monoisotopic (exact) mass is 210 g/mol. The molecule has 3 N–H and O–H groups in total. The summed E-state index contributed by atoms with van der Waals surface area (Å²) in [4.78, 5) is 2.00. The Morgan fingerprint density at radius 1 is 1.40 bits per heavy atom. The molecule has 0 aliphatic heterocycles. The lowest BCUT2D eigenvalue weighted by Crippen LogP contribution is -2.37. The maximum absolute atomic E-state index is 8.84. The van der Waals surface area contributed by atoms with Crippen LogP contribution in [0, 0.1) is 0 Å². The lowest BCUT2D eigenvalue weighted by molar-refractivity contribution is 0.267. The molecule has 1 rings (SSSR count). The average Bonchev–Trinajstić information content (AvgIpc) is 2.29. The fraction of sp³-hybridized carbons (Fsp3) is 0.455. The minimum atomic E-state index is -0.211. The van der Waals surface area contributed by atoms with Gasteiger partial charge in [-0.1, -0.05) is 0 Å². The SMILES string of the molecule is COc1ccc(N(C)CC(N)CO)cc1. The van der Waals surface area contributed by atoms with Crippen molar-refractivity contribution in [3.8, 4) is 5.75 Å². The van der Waals surface area contributed by atoms with Gasteiger partial charge in [0.1, 0.15) is 5.75 Å². The normalized spacial score (nSPS) is 12.3. The van der Waals surface area contributed by atoms with Crippen molar-refractivity contribution in [3.63, 3.8) is 0 Å². The number of nitrogens with two attached hydrogens (primary N) is 1. The van der Waals surface area contributed by atoms with Crippen molar-refractivity contribution < 1.29 is 9.84 Å². The lowest BCUT2D eigenvalue weighted by Gasteiger charge is -2.22. The van der Waals surface area contributed by atoms with Crippen molar-refractivity contribution in [2.45, 2.75) is 6.04 Å². The van der Waals surface area contributed by atoms with Crippen LogP contribution in [0.15, 0.2) is 24.3 Å². The number of hydrogen-bond donors (Lipinski definition) is 2. The third-order valence-electron chi connectivity index (χ3n) is 2.26. The van der Waals surface area contributed by atoms with Crippen LogP contribution in [0.4, 0.5) is 5.69 Å². The van der Waals surface area contributed by atoms with Crippen LogP contribution < -0.4 is 15.4 Å². The molecule has 1 unspecified atom stereocenters. The molecular weight excluding hydrogens is 192 g/mol. The molecule has 0 aliphatic rings. The number of ether oxygens (including phenoxy) is 1. The summed E-state index contributed by atoms with van der Waals surface area (Å²) in [6.07, 6.45) is 0. The fourth-order valence-corrected chi connectivity index (χ4v) is 1.35. The second-order valence-electron chi connectivity index (χ2n) is 3.52. The average molecular weight is 210 g/mol. The smallest absolute Gasteiger partial charge is 0.119 e. The Kier molecular flexibility index (Phi) is 4.39. The zero-order chi connectivity index (χ0) is 11.3. The van der Waals surface area contributed by atoms with E-state index in [0.29, 0.717) is 6.54 Å². The highest BCUT2D eigenvalue weighted by molar-refractivity contribution is 5.48. The Bertz CT molecular complexity index is 287. The highest BCUT2D eigenvalue weighted by Gasteiger charge is 2.06. The predicted molar refractivity (Wildman–Crippen MR) is 61.3 cm³/mol. The molecule has 15 heavy (non-hydrogen) atoms. The second-order valence-corrected chi connectivity index (χ2v) is 3.52. The second kappa shape index (κ2) is 5.58. The molecule has 0 spiro atoms. The maximum Gasteiger partial charge on any atom is 0.119 e. The molecule has 4 nitrogen and oxygen atoms in total. The number of likely N-dealkylation sites (N-methyl/N-ethyl adjacent to an activating group) is 1. The van der Waals surface area contributed by atoms with Crippen LogP contribution in [-0.2, 0) is 0 Å². The number of aliphatic hydroxyl groups is 1. The van der Waals surface area contributed by atoms with Crippen LogP contribution in [0.2, 0.25) is 0 Å². The molecule has 0 aromatic heterocycles. The van der Waals surface area contributed by atoms with E-state index in [1.165, 1.54) is 0 Å². The van der Waals surface area contributed by atoms with Gasteiger partial charge in [-0.05, 0) is 24.3 Å². The van der Waals surface area contributed by atoms with Crippen LogP contribution in [0.1, 0.15) is 0 Å². The standard InChI is InChI=1S/C11H18N2O2/c1-13(7-9(12)8-14)10-3-5-11(15-2)6-4-10/h3-6,9,14H,7-8,12H2,1-2H3. The first-order valence-corrected chi connectivity index (χ1v) is 4.89. The van der Waals surface area contributed by atoms with Crippen molar-refractivity contribution >= 4 is 5.69 Å². The van der Waals surface area contributed by atoms with Gasteiger partial charge in [0, 0.05) is 25.3 Å². The van der Waals surface area contributed by atoms with Crippen molar-refractivity contribution in [2.75, 3.05) is 32.2 Å². The first-order chi connectivity index (χ1) is 7.17. The molecule has 1 atom stereocenters. The van der Waals surface area contributed by atoms with Crippen molar-refractivity contribution in [1.29, 1.82) is 0 Å². The Labute approximate surface area is 90.3 Å². The van der Waals surface area contributed by atoms with E-state index >= 15 is 0 Å². The minimum Gasteiger partial charge on any atom is -0.497 e. The molecule has 0 saturated carbocycles. The Balaban J connectivity index is 2.61. The molecule has 0 saturated heterocycles. The quantitative estimate of drug-likeness (QED) is 0.741. The molecule has 0 radical (unpaired) electrons. The summed E-state index contributed by atoms with van der Waals surface area (Å²) in [5, 5.41) is 8.84. The zero-order valence-electron chi connectivity index (χ0n) is 9.18. The van der Waals surface area contributed by atoms with Gasteiger partial charge in [0.15, 0.2) is 0 Å². The van der Waals surface area contributed by atoms with Gasteiger partial charge >= 0.3 is 0 Å². The summed E-state index contributed by atoms with van der Waals surface area (Å²) in [7, 11) is 3.58. The fourth-order valence-electron chi connectivity index (χ4n) is 1.35. The van der Waals surface area contributed by atoms with E-state index < -0.39 is 0 Å². The summed E-state index contributed by atoms with van der Waals surface area (Å²) < 4.78 is 5.07. The first-order valence-electron chi connectivity index (χ1n) is 4.89. The van der Waals surface area contributed by atoms with E-state index in [2.05, 4.69) is 0 Å². The summed E-state index contributed by atoms with van der Waals surface area (Å²) >= 11 is 0. The van der Waals surface area contributed by atoms with Crippen LogP contribution in [0.5, 0.6) is 5.75 Å². The van der Waals surface area contributed by atoms with Crippen molar-refractivity contribution in [2.24, 2.45) is 5.73 Å². The van der Waals surface area contributed by atoms with Gasteiger partial charge in [-0.25, -0.2) is 0 Å². The zero-order valence-corrected chi connectivity index (χ0v) is 9.18. The van der Waals surface area contributed by atoms with Gasteiger partial charge in [0.2, 0.25) is 0 Å². The molecule has 0 heterocycles. The highest BCUT2D eigenvalue weighted by Crippen LogP contribution is 2.17. The number of anilines is 1. The number of aliphatic hydroxyl groups excluding tert-OH is 1. The summed E-state index contributed by atoms with van der Waals surface area (Å²) in [5.41, 5.74) is 6.71. The van der Waals surface area contributed by atoms with E-state index in [0.717, 1.165) is 11.4 Å². The molecule has 1 aromatic rings. The third kappa shape index (κ3) is 3.42. The van der Waals surface area contributed by atoms with E-state index in [-0.39, 0.29) is 12.6 Å². The van der Waals surface area contributed by atoms with E-state index in [9.17, 15) is 0 Å². The third-order valence-corrected chi connectivity index (χ3v) is 2.26. The summed E-state index contributed by atoms with van der Waals surface area (Å²) in [5.74, 6) is 0.832. The van der Waals surface area contributed by atoms with Gasteiger partial charge in [-0.3, -0.25) is 0 Å². The first kappa shape index (κ1) is 11.8. The lowest BCUT2D eigenvalue weighted by atomic mass is 10.2. The number of rotatable bonds is 5. The Morgan fingerprint density at radius 2 is 2.00 bits per heavy atom. The summed E-state index contributed by atoms with van der Waals surface area (Å²) in [6.45, 7) is 0.628. The maximum atomic E-state index is 8.84. The van der Waals surface area contributed by atoms with Crippen molar-refractivity contribution in [3.05, 3.63) is 24.3 Å².